The molecule has 1 atom stereocenters. The van der Waals surface area contributed by atoms with Gasteiger partial charge in [-0.15, -0.1) is 0 Å². The van der Waals surface area contributed by atoms with Crippen LogP contribution in [-0.2, 0) is 11.3 Å². The number of carbonyl (C=O) groups is 1. The second-order valence-corrected chi connectivity index (χ2v) is 8.04. The molecule has 1 aliphatic heterocycles. The van der Waals surface area contributed by atoms with E-state index in [2.05, 4.69) is 9.80 Å². The Kier molecular flexibility index (Phi) is 9.52. The van der Waals surface area contributed by atoms with E-state index in [-0.39, 0.29) is 12.1 Å². The van der Waals surface area contributed by atoms with Gasteiger partial charge in [0.05, 0.1) is 0 Å². The third-order valence-electron chi connectivity index (χ3n) is 5.64. The van der Waals surface area contributed by atoms with Gasteiger partial charge in [0, 0.05) is 32.7 Å². The van der Waals surface area contributed by atoms with Crippen LogP contribution in [0.5, 0.6) is 0 Å². The van der Waals surface area contributed by atoms with Gasteiger partial charge in [-0.05, 0) is 49.8 Å². The normalized spacial score (nSPS) is 17.8. The Morgan fingerprint density at radius 2 is 1.62 bits per heavy atom. The van der Waals surface area contributed by atoms with Gasteiger partial charge in [-0.2, -0.15) is 0 Å². The molecule has 162 valence electrons. The summed E-state index contributed by atoms with van der Waals surface area (Å²) in [6.07, 6.45) is 2.78. The minimum Gasteiger partial charge on any atom is -0.480 e. The average Bonchev–Trinajstić information content (AvgIpc) is 2.68. The first-order chi connectivity index (χ1) is 13.8. The predicted octanol–water partition coefficient (Wildman–Crippen LogP) is 1.15. The lowest BCUT2D eigenvalue weighted by atomic mass is 9.81. The zero-order chi connectivity index (χ0) is 21.3. The van der Waals surface area contributed by atoms with E-state index in [1.165, 1.54) is 12.1 Å². The Bertz CT molecular complexity index is 627. The topological polar surface area (TPSA) is 110 Å². The first kappa shape index (κ1) is 23.8. The van der Waals surface area contributed by atoms with Crippen LogP contribution in [0.2, 0.25) is 6.32 Å². The molecule has 0 aromatic heterocycles. The van der Waals surface area contributed by atoms with E-state index in [0.717, 1.165) is 44.8 Å². The highest BCUT2D eigenvalue weighted by Gasteiger charge is 2.33. The van der Waals surface area contributed by atoms with Crippen molar-refractivity contribution >= 4 is 13.1 Å². The van der Waals surface area contributed by atoms with Crippen molar-refractivity contribution in [2.75, 3.05) is 32.7 Å². The molecule has 0 saturated carbocycles. The Balaban J connectivity index is 1.67. The van der Waals surface area contributed by atoms with E-state index < -0.39 is 18.6 Å². The number of carboxylic acid groups (broad SMARTS) is 1. The molecule has 5 N–H and O–H groups in total. The van der Waals surface area contributed by atoms with Gasteiger partial charge in [0.25, 0.3) is 0 Å². The maximum Gasteiger partial charge on any atom is 0.451 e. The minimum absolute atomic E-state index is 0.220. The summed E-state index contributed by atoms with van der Waals surface area (Å²) in [6.45, 7) is 5.30. The summed E-state index contributed by atoms with van der Waals surface area (Å²) in [5, 5.41) is 27.2. The Hall–Kier alpha value is -1.52. The quantitative estimate of drug-likeness (QED) is 0.303. The molecule has 1 aromatic rings. The zero-order valence-electron chi connectivity index (χ0n) is 17.0. The molecule has 1 heterocycles. The second-order valence-electron chi connectivity index (χ2n) is 8.04. The fourth-order valence-electron chi connectivity index (χ4n) is 3.74. The summed E-state index contributed by atoms with van der Waals surface area (Å²) >= 11 is 0. The third kappa shape index (κ3) is 8.40. The van der Waals surface area contributed by atoms with Gasteiger partial charge < -0.3 is 25.8 Å². The molecule has 0 amide bonds. The number of hydrogen-bond donors (Lipinski definition) is 4. The Morgan fingerprint density at radius 1 is 1.03 bits per heavy atom. The van der Waals surface area contributed by atoms with Gasteiger partial charge in [-0.3, -0.25) is 9.69 Å². The number of unbranched alkanes of at least 4 members (excludes halogenated alkanes) is 1. The van der Waals surface area contributed by atoms with Crippen molar-refractivity contribution in [3.05, 3.63) is 35.6 Å². The maximum absolute atomic E-state index is 13.0. The monoisotopic (exact) mass is 409 g/mol. The van der Waals surface area contributed by atoms with Crippen LogP contribution in [-0.4, -0.2) is 76.3 Å². The molecule has 1 unspecified atom stereocenters. The van der Waals surface area contributed by atoms with Crippen molar-refractivity contribution < 1.29 is 24.3 Å². The van der Waals surface area contributed by atoms with Gasteiger partial charge in [-0.25, -0.2) is 4.39 Å². The highest BCUT2D eigenvalue weighted by molar-refractivity contribution is 6.40. The Morgan fingerprint density at radius 3 is 2.21 bits per heavy atom. The van der Waals surface area contributed by atoms with Gasteiger partial charge >= 0.3 is 13.1 Å². The average molecular weight is 409 g/mol. The number of nitrogens with zero attached hydrogens (tertiary/aromatic N) is 2. The van der Waals surface area contributed by atoms with E-state index in [0.29, 0.717) is 32.1 Å². The van der Waals surface area contributed by atoms with E-state index in [4.69, 9.17) is 15.8 Å². The fourth-order valence-corrected chi connectivity index (χ4v) is 3.74. The van der Waals surface area contributed by atoms with Crippen molar-refractivity contribution in [1.29, 1.82) is 0 Å². The van der Waals surface area contributed by atoms with Crippen LogP contribution in [0, 0.1) is 5.82 Å². The predicted molar refractivity (Wildman–Crippen MR) is 111 cm³/mol. The lowest BCUT2D eigenvalue weighted by molar-refractivity contribution is -0.144. The standard InChI is InChI=1S/C20H33BFN3O4/c22-18-6-4-17(5-7-18)16-25-14-12-24(13-15-25)11-3-9-20(23,19(26)27)8-1-2-10-21(28)29/h4-7,28-29H,1-3,8-16,23H2,(H,26,27). The smallest absolute Gasteiger partial charge is 0.451 e. The summed E-state index contributed by atoms with van der Waals surface area (Å²) < 4.78 is 13.0. The van der Waals surface area contributed by atoms with E-state index in [1.54, 1.807) is 0 Å². The SMILES string of the molecule is NC(CCCCB(O)O)(CCCN1CCN(Cc2ccc(F)cc2)CC1)C(=O)O. The molecule has 2 rings (SSSR count). The number of aliphatic carboxylic acids is 1. The van der Waals surface area contributed by atoms with Crippen LogP contribution in [0.15, 0.2) is 24.3 Å². The lowest BCUT2D eigenvalue weighted by Crippen LogP contribution is -2.49. The molecule has 29 heavy (non-hydrogen) atoms. The number of benzene rings is 1. The molecule has 1 aliphatic rings. The number of halogens is 1. The van der Waals surface area contributed by atoms with Crippen molar-refractivity contribution in [3.8, 4) is 0 Å². The summed E-state index contributed by atoms with van der Waals surface area (Å²) in [5.41, 5.74) is 5.95. The van der Waals surface area contributed by atoms with Crippen molar-refractivity contribution in [1.82, 2.24) is 9.80 Å². The molecule has 0 bridgehead atoms. The maximum atomic E-state index is 13.0. The number of nitrogens with two attached hydrogens (primary N) is 1. The molecule has 9 heteroatoms. The number of carboxylic acids is 1. The lowest BCUT2D eigenvalue weighted by Gasteiger charge is -2.35. The largest absolute Gasteiger partial charge is 0.480 e. The van der Waals surface area contributed by atoms with Crippen molar-refractivity contribution in [2.24, 2.45) is 5.73 Å². The second kappa shape index (κ2) is 11.6. The summed E-state index contributed by atoms with van der Waals surface area (Å²) in [5.74, 6) is -1.21. The van der Waals surface area contributed by atoms with Crippen molar-refractivity contribution in [3.63, 3.8) is 0 Å². The van der Waals surface area contributed by atoms with Crippen LogP contribution < -0.4 is 5.73 Å². The zero-order valence-corrected chi connectivity index (χ0v) is 17.0. The van der Waals surface area contributed by atoms with E-state index in [1.807, 2.05) is 12.1 Å². The van der Waals surface area contributed by atoms with Crippen LogP contribution >= 0.6 is 0 Å². The molecule has 0 aliphatic carbocycles. The summed E-state index contributed by atoms with van der Waals surface area (Å²) in [4.78, 5) is 16.3. The van der Waals surface area contributed by atoms with Crippen molar-refractivity contribution in [2.45, 2.75) is 50.5 Å². The van der Waals surface area contributed by atoms with Crippen LogP contribution in [0.1, 0.15) is 37.7 Å². The number of rotatable bonds is 12. The first-order valence-electron chi connectivity index (χ1n) is 10.4. The Labute approximate surface area is 172 Å². The van der Waals surface area contributed by atoms with Gasteiger partial charge in [0.2, 0.25) is 0 Å². The molecule has 0 radical (unpaired) electrons. The number of hydrogen-bond acceptors (Lipinski definition) is 6. The number of piperazine rings is 1. The molecule has 1 fully saturated rings. The summed E-state index contributed by atoms with van der Waals surface area (Å²) in [7, 11) is -1.35. The summed E-state index contributed by atoms with van der Waals surface area (Å²) in [6, 6.07) is 6.60. The highest BCUT2D eigenvalue weighted by atomic mass is 19.1. The minimum atomic E-state index is -1.35. The molecule has 1 saturated heterocycles. The van der Waals surface area contributed by atoms with E-state index >= 15 is 0 Å². The third-order valence-corrected chi connectivity index (χ3v) is 5.64. The van der Waals surface area contributed by atoms with Crippen LogP contribution in [0.4, 0.5) is 4.39 Å². The molecule has 0 spiro atoms. The molecule has 7 nitrogen and oxygen atoms in total. The molecule has 1 aromatic carbocycles. The van der Waals surface area contributed by atoms with Crippen LogP contribution in [0.3, 0.4) is 0 Å². The van der Waals surface area contributed by atoms with Gasteiger partial charge in [-0.1, -0.05) is 25.0 Å². The van der Waals surface area contributed by atoms with E-state index in [9.17, 15) is 14.3 Å². The molecular weight excluding hydrogens is 376 g/mol. The fraction of sp³-hybridized carbons (Fsp3) is 0.650. The molecular formula is C20H33BFN3O4. The first-order valence-corrected chi connectivity index (χ1v) is 10.4. The van der Waals surface area contributed by atoms with Crippen LogP contribution in [0.25, 0.3) is 0 Å². The van der Waals surface area contributed by atoms with Gasteiger partial charge in [0.1, 0.15) is 11.4 Å². The highest BCUT2D eigenvalue weighted by Crippen LogP contribution is 2.20. The van der Waals surface area contributed by atoms with Gasteiger partial charge in [0.15, 0.2) is 0 Å².